The summed E-state index contributed by atoms with van der Waals surface area (Å²) in [5.41, 5.74) is 1.86. The van der Waals surface area contributed by atoms with E-state index in [1.165, 1.54) is 0 Å². The minimum absolute atomic E-state index is 0.666. The van der Waals surface area contributed by atoms with E-state index in [4.69, 9.17) is 4.74 Å². The average Bonchev–Trinajstić information content (AvgIpc) is 2.39. The lowest BCUT2D eigenvalue weighted by atomic mass is 10.2. The van der Waals surface area contributed by atoms with Crippen LogP contribution in [0.3, 0.4) is 0 Å². The Morgan fingerprint density at radius 3 is 2.71 bits per heavy atom. The maximum atomic E-state index is 5.42. The Labute approximate surface area is 101 Å². The van der Waals surface area contributed by atoms with Crippen molar-refractivity contribution in [1.29, 1.82) is 0 Å². The van der Waals surface area contributed by atoms with Crippen molar-refractivity contribution in [2.24, 2.45) is 0 Å². The van der Waals surface area contributed by atoms with Crippen molar-refractivity contribution in [3.63, 3.8) is 0 Å². The monoisotopic (exact) mass is 223 g/mol. The van der Waals surface area contributed by atoms with Gasteiger partial charge in [-0.05, 0) is 37.3 Å². The van der Waals surface area contributed by atoms with Gasteiger partial charge in [-0.1, -0.05) is 17.9 Å². The zero-order valence-electron chi connectivity index (χ0n) is 9.68. The lowest BCUT2D eigenvalue weighted by Gasteiger charge is -2.01. The molecular weight excluding hydrogens is 210 g/mol. The summed E-state index contributed by atoms with van der Waals surface area (Å²) in [6, 6.07) is 11.6. The van der Waals surface area contributed by atoms with E-state index in [1.54, 1.807) is 12.4 Å². The van der Waals surface area contributed by atoms with Crippen LogP contribution in [-0.2, 0) is 0 Å². The molecule has 17 heavy (non-hydrogen) atoms. The van der Waals surface area contributed by atoms with Crippen LogP contribution in [0.4, 0.5) is 0 Å². The van der Waals surface area contributed by atoms with Crippen molar-refractivity contribution >= 4 is 0 Å². The summed E-state index contributed by atoms with van der Waals surface area (Å²) in [6.45, 7) is 2.63. The molecule has 0 aliphatic heterocycles. The van der Waals surface area contributed by atoms with E-state index in [2.05, 4.69) is 16.8 Å². The molecule has 0 saturated carbocycles. The van der Waals surface area contributed by atoms with E-state index in [1.807, 2.05) is 43.3 Å². The van der Waals surface area contributed by atoms with Gasteiger partial charge in [0.2, 0.25) is 0 Å². The maximum absolute atomic E-state index is 5.42. The summed E-state index contributed by atoms with van der Waals surface area (Å²) >= 11 is 0. The Bertz CT molecular complexity index is 538. The van der Waals surface area contributed by atoms with Crippen LogP contribution in [0, 0.1) is 11.8 Å². The Morgan fingerprint density at radius 1 is 1.12 bits per heavy atom. The van der Waals surface area contributed by atoms with Gasteiger partial charge in [-0.25, -0.2) is 0 Å². The molecule has 0 unspecified atom stereocenters. The molecule has 1 aromatic heterocycles. The maximum Gasteiger partial charge on any atom is 0.120 e. The van der Waals surface area contributed by atoms with E-state index in [0.717, 1.165) is 16.9 Å². The van der Waals surface area contributed by atoms with Gasteiger partial charge < -0.3 is 4.74 Å². The molecule has 0 spiro atoms. The zero-order chi connectivity index (χ0) is 11.9. The number of benzene rings is 1. The summed E-state index contributed by atoms with van der Waals surface area (Å²) < 4.78 is 5.42. The fraction of sp³-hybridized carbons (Fsp3) is 0.133. The molecule has 0 radical (unpaired) electrons. The minimum Gasteiger partial charge on any atom is -0.494 e. The first-order chi connectivity index (χ1) is 8.38. The number of rotatable bonds is 2. The summed E-state index contributed by atoms with van der Waals surface area (Å²) in [7, 11) is 0. The molecule has 84 valence electrons. The van der Waals surface area contributed by atoms with Crippen LogP contribution >= 0.6 is 0 Å². The third-order valence-corrected chi connectivity index (χ3v) is 2.16. The lowest BCUT2D eigenvalue weighted by Crippen LogP contribution is -1.91. The van der Waals surface area contributed by atoms with Gasteiger partial charge in [0, 0.05) is 23.5 Å². The van der Waals surface area contributed by atoms with Crippen LogP contribution in [0.5, 0.6) is 5.75 Å². The molecule has 2 rings (SSSR count). The number of pyridine rings is 1. The molecule has 0 amide bonds. The van der Waals surface area contributed by atoms with Crippen LogP contribution in [0.1, 0.15) is 18.1 Å². The smallest absolute Gasteiger partial charge is 0.120 e. The van der Waals surface area contributed by atoms with Gasteiger partial charge in [0.15, 0.2) is 0 Å². The molecule has 1 aromatic carbocycles. The van der Waals surface area contributed by atoms with Crippen molar-refractivity contribution in [2.75, 3.05) is 6.61 Å². The van der Waals surface area contributed by atoms with Gasteiger partial charge >= 0.3 is 0 Å². The van der Waals surface area contributed by atoms with Gasteiger partial charge in [0.1, 0.15) is 5.75 Å². The van der Waals surface area contributed by atoms with Crippen LogP contribution in [0.2, 0.25) is 0 Å². The van der Waals surface area contributed by atoms with E-state index in [9.17, 15) is 0 Å². The number of aromatic nitrogens is 1. The highest BCUT2D eigenvalue weighted by molar-refractivity contribution is 5.44. The first-order valence-electron chi connectivity index (χ1n) is 5.53. The van der Waals surface area contributed by atoms with Crippen LogP contribution in [-0.4, -0.2) is 11.6 Å². The van der Waals surface area contributed by atoms with Gasteiger partial charge in [-0.2, -0.15) is 0 Å². The van der Waals surface area contributed by atoms with Gasteiger partial charge in [0.25, 0.3) is 0 Å². The van der Waals surface area contributed by atoms with E-state index >= 15 is 0 Å². The summed E-state index contributed by atoms with van der Waals surface area (Å²) in [5, 5.41) is 0. The predicted molar refractivity (Wildman–Crippen MR) is 67.8 cm³/mol. The molecule has 2 aromatic rings. The van der Waals surface area contributed by atoms with Crippen LogP contribution < -0.4 is 4.74 Å². The average molecular weight is 223 g/mol. The second kappa shape index (κ2) is 5.72. The third-order valence-electron chi connectivity index (χ3n) is 2.16. The Hall–Kier alpha value is -2.27. The molecule has 0 N–H and O–H groups in total. The third kappa shape index (κ3) is 3.35. The van der Waals surface area contributed by atoms with Crippen LogP contribution in [0.15, 0.2) is 48.8 Å². The highest BCUT2D eigenvalue weighted by Gasteiger charge is 1.92. The largest absolute Gasteiger partial charge is 0.494 e. The molecule has 2 heteroatoms. The van der Waals surface area contributed by atoms with Crippen molar-refractivity contribution in [2.45, 2.75) is 6.92 Å². The zero-order valence-corrected chi connectivity index (χ0v) is 9.68. The van der Waals surface area contributed by atoms with Crippen molar-refractivity contribution < 1.29 is 4.74 Å². The molecule has 0 aliphatic carbocycles. The fourth-order valence-corrected chi connectivity index (χ4v) is 1.41. The van der Waals surface area contributed by atoms with E-state index < -0.39 is 0 Å². The fourth-order valence-electron chi connectivity index (χ4n) is 1.41. The van der Waals surface area contributed by atoms with Crippen LogP contribution in [0.25, 0.3) is 0 Å². The van der Waals surface area contributed by atoms with Gasteiger partial charge in [-0.3, -0.25) is 4.98 Å². The first-order valence-corrected chi connectivity index (χ1v) is 5.53. The van der Waals surface area contributed by atoms with Gasteiger partial charge in [0.05, 0.1) is 6.61 Å². The molecule has 0 bridgehead atoms. The Balaban J connectivity index is 2.19. The number of nitrogens with zero attached hydrogens (tertiary/aromatic N) is 1. The Morgan fingerprint density at radius 2 is 1.94 bits per heavy atom. The SMILES string of the molecule is CCOc1cccc(C#Cc2cccnc2)c1. The molecular formula is C15H13NO. The minimum atomic E-state index is 0.666. The molecule has 2 nitrogen and oxygen atoms in total. The molecule has 1 heterocycles. The summed E-state index contributed by atoms with van der Waals surface area (Å²) in [4.78, 5) is 4.02. The van der Waals surface area contributed by atoms with Crippen molar-refractivity contribution in [3.05, 3.63) is 59.9 Å². The summed E-state index contributed by atoms with van der Waals surface area (Å²) in [5.74, 6) is 7.00. The van der Waals surface area contributed by atoms with E-state index in [-0.39, 0.29) is 0 Å². The molecule has 0 fully saturated rings. The second-order valence-corrected chi connectivity index (χ2v) is 3.45. The first kappa shape index (κ1) is 11.2. The normalized spacial score (nSPS) is 9.24. The quantitative estimate of drug-likeness (QED) is 0.730. The highest BCUT2D eigenvalue weighted by Crippen LogP contribution is 2.12. The predicted octanol–water partition coefficient (Wildman–Crippen LogP) is 2.88. The van der Waals surface area contributed by atoms with Crippen molar-refractivity contribution in [3.8, 4) is 17.6 Å². The van der Waals surface area contributed by atoms with E-state index in [0.29, 0.717) is 6.61 Å². The topological polar surface area (TPSA) is 22.1 Å². The highest BCUT2D eigenvalue weighted by atomic mass is 16.5. The van der Waals surface area contributed by atoms with Crippen molar-refractivity contribution in [1.82, 2.24) is 4.98 Å². The molecule has 0 saturated heterocycles. The number of hydrogen-bond donors (Lipinski definition) is 0. The molecule has 0 atom stereocenters. The van der Waals surface area contributed by atoms with Gasteiger partial charge in [-0.15, -0.1) is 0 Å². The molecule has 0 aliphatic rings. The standard InChI is InChI=1S/C15H13NO/c1-2-17-15-7-3-5-13(11-15)8-9-14-6-4-10-16-12-14/h3-7,10-12H,2H2,1H3. The number of hydrogen-bond acceptors (Lipinski definition) is 2. The Kier molecular flexibility index (Phi) is 3.77. The second-order valence-electron chi connectivity index (χ2n) is 3.45. The summed E-state index contributed by atoms with van der Waals surface area (Å²) in [6.07, 6.45) is 3.49. The number of ether oxygens (including phenoxy) is 1. The lowest BCUT2D eigenvalue weighted by molar-refractivity contribution is 0.340.